The van der Waals surface area contributed by atoms with E-state index in [1.807, 2.05) is 18.2 Å². The second kappa shape index (κ2) is 10.9. The number of benzene rings is 3. The zero-order valence-electron chi connectivity index (χ0n) is 17.9. The standard InChI is InChI=1S/C24H23IN2O5/c1-15(28)26-21-10-8-19(27-24(29)16-4-6-18(25)7-5-16)13-23(21)32-14-17-12-20(30-2)9-11-22(17)31-3/h4-13H,14H2,1-3H3,(H,26,28)(H,27,29). The number of anilines is 2. The quantitative estimate of drug-likeness (QED) is 0.385. The van der Waals surface area contributed by atoms with Gasteiger partial charge in [0.15, 0.2) is 0 Å². The first-order chi connectivity index (χ1) is 15.4. The van der Waals surface area contributed by atoms with Crippen LogP contribution in [0.5, 0.6) is 17.2 Å². The number of amides is 2. The Bertz CT molecular complexity index is 1120. The maximum atomic E-state index is 12.6. The maximum Gasteiger partial charge on any atom is 0.255 e. The van der Waals surface area contributed by atoms with Gasteiger partial charge >= 0.3 is 0 Å². The van der Waals surface area contributed by atoms with Crippen molar-refractivity contribution in [3.63, 3.8) is 0 Å². The molecule has 0 aliphatic heterocycles. The number of carbonyl (C=O) groups excluding carboxylic acids is 2. The van der Waals surface area contributed by atoms with Crippen molar-refractivity contribution in [1.82, 2.24) is 0 Å². The molecule has 2 N–H and O–H groups in total. The summed E-state index contributed by atoms with van der Waals surface area (Å²) in [7, 11) is 3.16. The van der Waals surface area contributed by atoms with Crippen molar-refractivity contribution in [3.8, 4) is 17.2 Å². The van der Waals surface area contributed by atoms with Gasteiger partial charge in [0.05, 0.1) is 19.9 Å². The molecule has 0 heterocycles. The molecule has 166 valence electrons. The summed E-state index contributed by atoms with van der Waals surface area (Å²) in [5, 5.41) is 5.60. The Morgan fingerprint density at radius 2 is 1.62 bits per heavy atom. The van der Waals surface area contributed by atoms with Gasteiger partial charge in [-0.1, -0.05) is 0 Å². The first-order valence-electron chi connectivity index (χ1n) is 9.72. The third-order valence-electron chi connectivity index (χ3n) is 4.53. The molecule has 0 aliphatic rings. The van der Waals surface area contributed by atoms with Crippen molar-refractivity contribution >= 4 is 45.8 Å². The van der Waals surface area contributed by atoms with Crippen LogP contribution in [0.2, 0.25) is 0 Å². The molecule has 2 amide bonds. The van der Waals surface area contributed by atoms with Crippen molar-refractivity contribution in [3.05, 3.63) is 75.4 Å². The minimum atomic E-state index is -0.242. The minimum Gasteiger partial charge on any atom is -0.497 e. The Kier molecular flexibility index (Phi) is 7.93. The van der Waals surface area contributed by atoms with Gasteiger partial charge in [-0.2, -0.15) is 0 Å². The van der Waals surface area contributed by atoms with Crippen LogP contribution >= 0.6 is 22.6 Å². The summed E-state index contributed by atoms with van der Waals surface area (Å²) >= 11 is 2.18. The highest BCUT2D eigenvalue weighted by Gasteiger charge is 2.13. The first-order valence-corrected chi connectivity index (χ1v) is 10.8. The molecule has 3 aromatic carbocycles. The summed E-state index contributed by atoms with van der Waals surface area (Å²) in [4.78, 5) is 24.2. The third-order valence-corrected chi connectivity index (χ3v) is 5.25. The summed E-state index contributed by atoms with van der Waals surface area (Å²) in [5.74, 6) is 1.25. The Hall–Kier alpha value is -3.27. The molecule has 0 radical (unpaired) electrons. The fourth-order valence-electron chi connectivity index (χ4n) is 2.97. The normalized spacial score (nSPS) is 10.2. The van der Waals surface area contributed by atoms with E-state index < -0.39 is 0 Å². The number of halogens is 1. The zero-order chi connectivity index (χ0) is 23.1. The second-order valence-corrected chi connectivity index (χ2v) is 8.07. The number of hydrogen-bond acceptors (Lipinski definition) is 5. The van der Waals surface area contributed by atoms with Gasteiger partial charge in [-0.3, -0.25) is 9.59 Å². The van der Waals surface area contributed by atoms with Crippen molar-refractivity contribution in [1.29, 1.82) is 0 Å². The predicted octanol–water partition coefficient (Wildman–Crippen LogP) is 5.10. The first kappa shape index (κ1) is 23.4. The number of nitrogens with one attached hydrogen (secondary N) is 2. The Morgan fingerprint density at radius 3 is 2.28 bits per heavy atom. The van der Waals surface area contributed by atoms with E-state index in [9.17, 15) is 9.59 Å². The smallest absolute Gasteiger partial charge is 0.255 e. The molecule has 8 heteroatoms. The Morgan fingerprint density at radius 1 is 0.875 bits per heavy atom. The largest absolute Gasteiger partial charge is 0.497 e. The van der Waals surface area contributed by atoms with Crippen LogP contribution in [0.3, 0.4) is 0 Å². The number of rotatable bonds is 8. The number of carbonyl (C=O) groups is 2. The molecule has 0 bridgehead atoms. The minimum absolute atomic E-state index is 0.168. The van der Waals surface area contributed by atoms with Crippen LogP contribution in [0.15, 0.2) is 60.7 Å². The van der Waals surface area contributed by atoms with Gasteiger partial charge in [-0.05, 0) is 77.2 Å². The molecule has 0 fully saturated rings. The maximum absolute atomic E-state index is 12.6. The molecular weight excluding hydrogens is 523 g/mol. The van der Waals surface area contributed by atoms with Crippen LogP contribution in [0.25, 0.3) is 0 Å². The van der Waals surface area contributed by atoms with Crippen LogP contribution in [-0.4, -0.2) is 26.0 Å². The lowest BCUT2D eigenvalue weighted by Crippen LogP contribution is -2.13. The molecule has 7 nitrogen and oxygen atoms in total. The molecule has 0 atom stereocenters. The topological polar surface area (TPSA) is 85.9 Å². The van der Waals surface area contributed by atoms with Gasteiger partial charge in [0.2, 0.25) is 5.91 Å². The number of methoxy groups -OCH3 is 2. The average Bonchev–Trinajstić information content (AvgIpc) is 2.78. The van der Waals surface area contributed by atoms with E-state index in [0.717, 1.165) is 9.13 Å². The van der Waals surface area contributed by atoms with E-state index in [2.05, 4.69) is 33.2 Å². The van der Waals surface area contributed by atoms with E-state index in [4.69, 9.17) is 14.2 Å². The highest BCUT2D eigenvalue weighted by Crippen LogP contribution is 2.31. The predicted molar refractivity (Wildman–Crippen MR) is 132 cm³/mol. The fraction of sp³-hybridized carbons (Fsp3) is 0.167. The molecule has 3 aromatic rings. The Balaban J connectivity index is 1.83. The lowest BCUT2D eigenvalue weighted by atomic mass is 10.2. The van der Waals surface area contributed by atoms with Crippen LogP contribution in [0, 0.1) is 3.57 Å². The van der Waals surface area contributed by atoms with Crippen LogP contribution in [0.1, 0.15) is 22.8 Å². The van der Waals surface area contributed by atoms with Gasteiger partial charge < -0.3 is 24.8 Å². The molecule has 0 aromatic heterocycles. The van der Waals surface area contributed by atoms with Gasteiger partial charge in [-0.15, -0.1) is 0 Å². The van der Waals surface area contributed by atoms with E-state index in [0.29, 0.717) is 34.2 Å². The second-order valence-electron chi connectivity index (χ2n) is 6.82. The molecule has 0 aliphatic carbocycles. The monoisotopic (exact) mass is 546 g/mol. The van der Waals surface area contributed by atoms with Gasteiger partial charge in [-0.25, -0.2) is 0 Å². The van der Waals surface area contributed by atoms with E-state index in [-0.39, 0.29) is 18.4 Å². The van der Waals surface area contributed by atoms with Gasteiger partial charge in [0, 0.05) is 33.4 Å². The average molecular weight is 546 g/mol. The summed E-state index contributed by atoms with van der Waals surface area (Å²) in [6.45, 7) is 1.59. The van der Waals surface area contributed by atoms with Crippen molar-refractivity contribution in [2.75, 3.05) is 24.9 Å². The van der Waals surface area contributed by atoms with Crippen LogP contribution in [0.4, 0.5) is 11.4 Å². The van der Waals surface area contributed by atoms with Crippen molar-refractivity contribution in [2.45, 2.75) is 13.5 Å². The van der Waals surface area contributed by atoms with Gasteiger partial charge in [0.1, 0.15) is 23.9 Å². The third kappa shape index (κ3) is 6.13. The number of hydrogen-bond donors (Lipinski definition) is 2. The summed E-state index contributed by atoms with van der Waals surface area (Å²) in [5.41, 5.74) is 2.34. The van der Waals surface area contributed by atoms with Crippen LogP contribution < -0.4 is 24.8 Å². The molecule has 0 spiro atoms. The fourth-order valence-corrected chi connectivity index (χ4v) is 3.33. The molecule has 32 heavy (non-hydrogen) atoms. The zero-order valence-corrected chi connectivity index (χ0v) is 20.1. The summed E-state index contributed by atoms with van der Waals surface area (Å²) in [6, 6.07) is 17.7. The summed E-state index contributed by atoms with van der Waals surface area (Å²) < 4.78 is 17.7. The van der Waals surface area contributed by atoms with E-state index in [1.54, 1.807) is 56.7 Å². The van der Waals surface area contributed by atoms with Crippen LogP contribution in [-0.2, 0) is 11.4 Å². The molecule has 3 rings (SSSR count). The molecule has 0 saturated heterocycles. The number of ether oxygens (including phenoxy) is 3. The lowest BCUT2D eigenvalue weighted by Gasteiger charge is -2.16. The van der Waals surface area contributed by atoms with Crippen molar-refractivity contribution < 1.29 is 23.8 Å². The molecule has 0 unspecified atom stereocenters. The summed E-state index contributed by atoms with van der Waals surface area (Å²) in [6.07, 6.45) is 0. The van der Waals surface area contributed by atoms with E-state index >= 15 is 0 Å². The van der Waals surface area contributed by atoms with E-state index in [1.165, 1.54) is 6.92 Å². The highest BCUT2D eigenvalue weighted by molar-refractivity contribution is 14.1. The SMILES string of the molecule is COc1ccc(OC)c(COc2cc(NC(=O)c3ccc(I)cc3)ccc2NC(C)=O)c1. The van der Waals surface area contributed by atoms with Crippen molar-refractivity contribution in [2.24, 2.45) is 0 Å². The Labute approximate surface area is 200 Å². The molecule has 0 saturated carbocycles. The molecular formula is C24H23IN2O5. The lowest BCUT2D eigenvalue weighted by molar-refractivity contribution is -0.114. The highest BCUT2D eigenvalue weighted by atomic mass is 127. The van der Waals surface area contributed by atoms with Gasteiger partial charge in [0.25, 0.3) is 5.91 Å².